The highest BCUT2D eigenvalue weighted by Crippen LogP contribution is 2.18. The van der Waals surface area contributed by atoms with Gasteiger partial charge in [-0.15, -0.1) is 0 Å². The van der Waals surface area contributed by atoms with Crippen LogP contribution in [0.2, 0.25) is 5.02 Å². The number of hydrazine groups is 1. The molecule has 0 saturated heterocycles. The van der Waals surface area contributed by atoms with E-state index in [1.807, 2.05) is 24.3 Å². The summed E-state index contributed by atoms with van der Waals surface area (Å²) >= 11 is 5.86. The monoisotopic (exact) mass is 448 g/mol. The Morgan fingerprint density at radius 2 is 1.72 bits per heavy atom. The van der Waals surface area contributed by atoms with Crippen molar-refractivity contribution in [2.45, 2.75) is 19.6 Å². The molecule has 4 rings (SSSR count). The molecule has 1 aromatic heterocycles. The minimum absolute atomic E-state index is 0.352. The van der Waals surface area contributed by atoms with Crippen LogP contribution in [0.1, 0.15) is 28.9 Å². The lowest BCUT2D eigenvalue weighted by Crippen LogP contribution is -2.44. The molecule has 0 aliphatic carbocycles. The average Bonchev–Trinajstić information content (AvgIpc) is 3.26. The van der Waals surface area contributed by atoms with Gasteiger partial charge in [-0.2, -0.15) is 0 Å². The highest BCUT2D eigenvalue weighted by atomic mass is 35.5. The smallest absolute Gasteiger partial charge is 0.269 e. The quantitative estimate of drug-likeness (QED) is 0.431. The minimum atomic E-state index is -0.546. The minimum Gasteiger partial charge on any atom is -0.489 e. The third kappa shape index (κ3) is 4.90. The van der Waals surface area contributed by atoms with Gasteiger partial charge < -0.3 is 9.30 Å². The molecule has 0 fully saturated rings. The molecule has 0 spiro atoms. The number of carbonyl (C=O) groups excluding carboxylic acids is 2. The summed E-state index contributed by atoms with van der Waals surface area (Å²) in [5, 5.41) is 0.646. The Bertz CT molecular complexity index is 1240. The number of fused-ring (bicyclic) bond motifs is 1. The predicted octanol–water partition coefficient (Wildman–Crippen LogP) is 4.29. The number of hydrogen-bond acceptors (Lipinski definition) is 4. The predicted molar refractivity (Wildman–Crippen MR) is 122 cm³/mol. The van der Waals surface area contributed by atoms with Crippen LogP contribution in [0.25, 0.3) is 11.0 Å². The molecule has 1 heterocycles. The normalized spacial score (nSPS) is 11.7. The van der Waals surface area contributed by atoms with E-state index in [9.17, 15) is 9.59 Å². The number of rotatable bonds is 6. The molecule has 3 aromatic carbocycles. The number of amides is 2. The molecular formula is C24H21ClN4O3. The summed E-state index contributed by atoms with van der Waals surface area (Å²) in [6.07, 6.45) is 1.61. The first-order valence-corrected chi connectivity index (χ1v) is 10.4. The van der Waals surface area contributed by atoms with Crippen molar-refractivity contribution in [3.63, 3.8) is 0 Å². The van der Waals surface area contributed by atoms with Crippen molar-refractivity contribution < 1.29 is 14.3 Å². The molecule has 7 nitrogen and oxygen atoms in total. The maximum Gasteiger partial charge on any atom is 0.269 e. The Balaban J connectivity index is 1.30. The molecule has 2 amide bonds. The van der Waals surface area contributed by atoms with Crippen LogP contribution >= 0.6 is 11.6 Å². The zero-order chi connectivity index (χ0) is 22.5. The van der Waals surface area contributed by atoms with Gasteiger partial charge >= 0.3 is 0 Å². The lowest BCUT2D eigenvalue weighted by atomic mass is 10.1. The van der Waals surface area contributed by atoms with Crippen molar-refractivity contribution in [2.24, 2.45) is 0 Å². The number of halogens is 1. The standard InChI is InChI=1S/C24H21ClN4O3/c1-16(29-15-26-21-4-2-3-5-22(21)29)23(30)27-28-24(31)18-8-6-17(7-9-18)14-32-20-12-10-19(25)11-13-20/h2-13,15-16H,14H2,1H3,(H,27,30)(H,28,31). The van der Waals surface area contributed by atoms with Crippen LogP contribution < -0.4 is 15.6 Å². The Hall–Kier alpha value is -3.84. The van der Waals surface area contributed by atoms with Gasteiger partial charge in [0.1, 0.15) is 18.4 Å². The number of nitrogens with one attached hydrogen (secondary N) is 2. The van der Waals surface area contributed by atoms with Gasteiger partial charge in [-0.05, 0) is 61.0 Å². The summed E-state index contributed by atoms with van der Waals surface area (Å²) in [5.74, 6) is -0.0561. The second kappa shape index (κ2) is 9.53. The first-order valence-electron chi connectivity index (χ1n) is 10.0. The van der Waals surface area contributed by atoms with Gasteiger partial charge in [0, 0.05) is 10.6 Å². The molecule has 32 heavy (non-hydrogen) atoms. The lowest BCUT2D eigenvalue weighted by Gasteiger charge is -2.15. The molecule has 162 valence electrons. The molecule has 0 aliphatic heterocycles. The summed E-state index contributed by atoms with van der Waals surface area (Å²) in [7, 11) is 0. The fourth-order valence-corrected chi connectivity index (χ4v) is 3.28. The summed E-state index contributed by atoms with van der Waals surface area (Å²) < 4.78 is 7.45. The van der Waals surface area contributed by atoms with Gasteiger partial charge in [0.15, 0.2) is 0 Å². The molecule has 2 N–H and O–H groups in total. The average molecular weight is 449 g/mol. The highest BCUT2D eigenvalue weighted by Gasteiger charge is 2.18. The summed E-state index contributed by atoms with van der Waals surface area (Å²) in [5.41, 5.74) is 7.90. The van der Waals surface area contributed by atoms with E-state index in [2.05, 4.69) is 15.8 Å². The van der Waals surface area contributed by atoms with Gasteiger partial charge in [-0.1, -0.05) is 35.9 Å². The topological polar surface area (TPSA) is 85.3 Å². The molecule has 1 atom stereocenters. The zero-order valence-corrected chi connectivity index (χ0v) is 18.0. The second-order valence-electron chi connectivity index (χ2n) is 7.20. The lowest BCUT2D eigenvalue weighted by molar-refractivity contribution is -0.124. The van der Waals surface area contributed by atoms with Crippen molar-refractivity contribution in [3.05, 3.63) is 95.3 Å². The third-order valence-electron chi connectivity index (χ3n) is 5.01. The second-order valence-corrected chi connectivity index (χ2v) is 7.64. The van der Waals surface area contributed by atoms with Crippen LogP contribution in [0.15, 0.2) is 79.1 Å². The van der Waals surface area contributed by atoms with E-state index in [4.69, 9.17) is 16.3 Å². The van der Waals surface area contributed by atoms with Crippen molar-refractivity contribution in [2.75, 3.05) is 0 Å². The molecule has 0 radical (unpaired) electrons. The van der Waals surface area contributed by atoms with Gasteiger partial charge in [0.25, 0.3) is 11.8 Å². The SMILES string of the molecule is CC(C(=O)NNC(=O)c1ccc(COc2ccc(Cl)cc2)cc1)n1cnc2ccccc21. The molecule has 4 aromatic rings. The summed E-state index contributed by atoms with van der Waals surface area (Å²) in [4.78, 5) is 29.2. The largest absolute Gasteiger partial charge is 0.489 e. The van der Waals surface area contributed by atoms with Crippen LogP contribution in [0.3, 0.4) is 0 Å². The molecular weight excluding hydrogens is 428 g/mol. The Labute approximate surface area is 190 Å². The number of para-hydroxylation sites is 2. The zero-order valence-electron chi connectivity index (χ0n) is 17.3. The van der Waals surface area contributed by atoms with Gasteiger partial charge in [-0.25, -0.2) is 4.98 Å². The Morgan fingerprint density at radius 1 is 1.00 bits per heavy atom. The van der Waals surface area contributed by atoms with Gasteiger partial charge in [-0.3, -0.25) is 20.4 Å². The molecule has 8 heteroatoms. The van der Waals surface area contributed by atoms with Crippen LogP contribution in [0.4, 0.5) is 0 Å². The highest BCUT2D eigenvalue weighted by molar-refractivity contribution is 6.30. The number of imidazole rings is 1. The van der Waals surface area contributed by atoms with E-state index in [0.29, 0.717) is 22.9 Å². The van der Waals surface area contributed by atoms with E-state index in [-0.39, 0.29) is 5.91 Å². The van der Waals surface area contributed by atoms with Crippen LogP contribution in [0, 0.1) is 0 Å². The number of benzene rings is 3. The summed E-state index contributed by atoms with van der Waals surface area (Å²) in [6, 6.07) is 21.0. The van der Waals surface area contributed by atoms with Crippen molar-refractivity contribution in [1.29, 1.82) is 0 Å². The van der Waals surface area contributed by atoms with E-state index < -0.39 is 11.9 Å². The molecule has 0 aliphatic rings. The number of aromatic nitrogens is 2. The van der Waals surface area contributed by atoms with Crippen molar-refractivity contribution in [3.8, 4) is 5.75 Å². The number of nitrogens with zero attached hydrogens (tertiary/aromatic N) is 2. The van der Waals surface area contributed by atoms with Crippen molar-refractivity contribution >= 4 is 34.4 Å². The van der Waals surface area contributed by atoms with Crippen LogP contribution in [-0.4, -0.2) is 21.4 Å². The molecule has 1 unspecified atom stereocenters. The fraction of sp³-hybridized carbons (Fsp3) is 0.125. The van der Waals surface area contributed by atoms with Crippen molar-refractivity contribution in [1.82, 2.24) is 20.4 Å². The van der Waals surface area contributed by atoms with E-state index >= 15 is 0 Å². The van der Waals surface area contributed by atoms with Gasteiger partial charge in [0.2, 0.25) is 0 Å². The number of carbonyl (C=O) groups is 2. The molecule has 0 bridgehead atoms. The number of ether oxygens (including phenoxy) is 1. The Morgan fingerprint density at radius 3 is 2.47 bits per heavy atom. The molecule has 0 saturated carbocycles. The third-order valence-corrected chi connectivity index (χ3v) is 5.26. The first kappa shape index (κ1) is 21.4. The Kier molecular flexibility index (Phi) is 6.37. The van der Waals surface area contributed by atoms with Gasteiger partial charge in [0.05, 0.1) is 17.4 Å². The van der Waals surface area contributed by atoms with E-state index in [0.717, 1.165) is 16.6 Å². The maximum absolute atomic E-state index is 12.5. The van der Waals surface area contributed by atoms with Crippen LogP contribution in [0.5, 0.6) is 5.75 Å². The van der Waals surface area contributed by atoms with E-state index in [1.54, 1.807) is 66.3 Å². The summed E-state index contributed by atoms with van der Waals surface area (Å²) in [6.45, 7) is 2.10. The first-order chi connectivity index (χ1) is 15.5. The fourth-order valence-electron chi connectivity index (χ4n) is 3.16. The van der Waals surface area contributed by atoms with E-state index in [1.165, 1.54) is 0 Å². The number of hydrogen-bond donors (Lipinski definition) is 2. The van der Waals surface area contributed by atoms with Crippen LogP contribution in [-0.2, 0) is 11.4 Å². The maximum atomic E-state index is 12.5.